The maximum atomic E-state index is 11.7. The molecule has 0 aromatic heterocycles. The third kappa shape index (κ3) is 8.56. The summed E-state index contributed by atoms with van der Waals surface area (Å²) < 4.78 is 4.88. The van der Waals surface area contributed by atoms with E-state index in [4.69, 9.17) is 9.84 Å². The van der Waals surface area contributed by atoms with Gasteiger partial charge in [-0.1, -0.05) is 13.8 Å². The molecule has 0 spiro atoms. The van der Waals surface area contributed by atoms with Crippen LogP contribution in [0.5, 0.6) is 0 Å². The van der Waals surface area contributed by atoms with Gasteiger partial charge in [-0.3, -0.25) is 14.9 Å². The van der Waals surface area contributed by atoms with E-state index in [0.29, 0.717) is 19.6 Å². The molecule has 0 heterocycles. The number of carbonyl (C=O) groups is 2. The van der Waals surface area contributed by atoms with E-state index in [9.17, 15) is 9.59 Å². The van der Waals surface area contributed by atoms with Gasteiger partial charge in [0.1, 0.15) is 6.04 Å². The number of amides is 1. The van der Waals surface area contributed by atoms with Crippen molar-refractivity contribution in [3.63, 3.8) is 0 Å². The number of aliphatic carboxylic acids is 1. The Hall–Kier alpha value is -1.14. The number of ether oxygens (including phenoxy) is 1. The molecule has 0 radical (unpaired) electrons. The van der Waals surface area contributed by atoms with E-state index in [-0.39, 0.29) is 11.8 Å². The molecule has 1 amide bonds. The topological polar surface area (TPSA) is 87.7 Å². The van der Waals surface area contributed by atoms with E-state index in [2.05, 4.69) is 10.6 Å². The van der Waals surface area contributed by atoms with Crippen molar-refractivity contribution < 1.29 is 19.4 Å². The van der Waals surface area contributed by atoms with Gasteiger partial charge in [-0.2, -0.15) is 0 Å². The molecule has 0 saturated heterocycles. The van der Waals surface area contributed by atoms with Crippen molar-refractivity contribution in [2.45, 2.75) is 45.7 Å². The number of methoxy groups -OCH3 is 1. The van der Waals surface area contributed by atoms with Crippen LogP contribution in [0.1, 0.15) is 33.6 Å². The summed E-state index contributed by atoms with van der Waals surface area (Å²) in [4.78, 5) is 22.8. The van der Waals surface area contributed by atoms with Gasteiger partial charge in [-0.25, -0.2) is 0 Å². The number of rotatable bonds is 10. The van der Waals surface area contributed by atoms with E-state index in [1.165, 1.54) is 0 Å². The van der Waals surface area contributed by atoms with Gasteiger partial charge in [-0.05, 0) is 25.7 Å². The fourth-order valence-corrected chi connectivity index (χ4v) is 1.67. The van der Waals surface area contributed by atoms with Crippen molar-refractivity contribution in [3.8, 4) is 0 Å². The Morgan fingerprint density at radius 2 is 1.89 bits per heavy atom. The highest BCUT2D eigenvalue weighted by Gasteiger charge is 2.23. The van der Waals surface area contributed by atoms with E-state index in [1.54, 1.807) is 14.0 Å². The number of carboxylic acid groups (broad SMARTS) is 1. The average molecular weight is 274 g/mol. The smallest absolute Gasteiger partial charge is 0.320 e. The first kappa shape index (κ1) is 17.9. The lowest BCUT2D eigenvalue weighted by atomic mass is 10.0. The van der Waals surface area contributed by atoms with Crippen LogP contribution in [0.25, 0.3) is 0 Å². The third-order valence-electron chi connectivity index (χ3n) is 2.67. The van der Waals surface area contributed by atoms with Crippen LogP contribution in [0.4, 0.5) is 0 Å². The molecule has 0 aliphatic carbocycles. The second-order valence-corrected chi connectivity index (χ2v) is 5.05. The molecule has 0 bridgehead atoms. The van der Waals surface area contributed by atoms with Gasteiger partial charge in [0.25, 0.3) is 0 Å². The maximum Gasteiger partial charge on any atom is 0.320 e. The molecular weight excluding hydrogens is 248 g/mol. The first-order valence-corrected chi connectivity index (χ1v) is 6.64. The highest BCUT2D eigenvalue weighted by atomic mass is 16.5. The number of hydrogen-bond donors (Lipinski definition) is 3. The van der Waals surface area contributed by atoms with Crippen molar-refractivity contribution >= 4 is 11.9 Å². The standard InChI is InChI=1S/C13H26N2O4/c1-9(2)8-11(13(17)18)15-10(3)12(16)14-6-5-7-19-4/h9-11,15H,5-8H2,1-4H3,(H,14,16)(H,17,18). The molecule has 0 aliphatic rings. The van der Waals surface area contributed by atoms with Crippen LogP contribution in [-0.2, 0) is 14.3 Å². The molecule has 3 N–H and O–H groups in total. The first-order chi connectivity index (χ1) is 8.88. The summed E-state index contributed by atoms with van der Waals surface area (Å²) in [5, 5.41) is 14.7. The SMILES string of the molecule is COCCCNC(=O)C(C)NC(CC(C)C)C(=O)O. The third-order valence-corrected chi connectivity index (χ3v) is 2.67. The summed E-state index contributed by atoms with van der Waals surface area (Å²) in [6.07, 6.45) is 1.24. The molecule has 6 nitrogen and oxygen atoms in total. The van der Waals surface area contributed by atoms with Crippen LogP contribution in [0.3, 0.4) is 0 Å². The Kier molecular flexibility index (Phi) is 9.16. The molecule has 0 aromatic rings. The molecule has 0 rings (SSSR count). The van der Waals surface area contributed by atoms with Crippen LogP contribution in [0, 0.1) is 5.92 Å². The van der Waals surface area contributed by atoms with Crippen molar-refractivity contribution in [1.82, 2.24) is 10.6 Å². The van der Waals surface area contributed by atoms with Crippen LogP contribution >= 0.6 is 0 Å². The van der Waals surface area contributed by atoms with Gasteiger partial charge in [0.2, 0.25) is 5.91 Å². The summed E-state index contributed by atoms with van der Waals surface area (Å²) in [6.45, 7) is 6.69. The fourth-order valence-electron chi connectivity index (χ4n) is 1.67. The summed E-state index contributed by atoms with van der Waals surface area (Å²) >= 11 is 0. The van der Waals surface area contributed by atoms with Crippen LogP contribution in [0.2, 0.25) is 0 Å². The number of carboxylic acids is 1. The highest BCUT2D eigenvalue weighted by molar-refractivity contribution is 5.82. The van der Waals surface area contributed by atoms with Crippen LogP contribution in [-0.4, -0.2) is 49.3 Å². The Morgan fingerprint density at radius 1 is 1.26 bits per heavy atom. The average Bonchev–Trinajstić information content (AvgIpc) is 2.32. The number of carbonyl (C=O) groups excluding carboxylic acids is 1. The lowest BCUT2D eigenvalue weighted by Crippen LogP contribution is -2.50. The van der Waals surface area contributed by atoms with Crippen molar-refractivity contribution in [2.75, 3.05) is 20.3 Å². The van der Waals surface area contributed by atoms with Crippen molar-refractivity contribution in [3.05, 3.63) is 0 Å². The molecule has 2 unspecified atom stereocenters. The minimum atomic E-state index is -0.923. The zero-order valence-corrected chi connectivity index (χ0v) is 12.2. The van der Waals surface area contributed by atoms with Gasteiger partial charge >= 0.3 is 5.97 Å². The molecular formula is C13H26N2O4. The molecule has 0 aliphatic heterocycles. The molecule has 0 saturated carbocycles. The fraction of sp³-hybridized carbons (Fsp3) is 0.846. The van der Waals surface area contributed by atoms with Gasteiger partial charge in [0.05, 0.1) is 6.04 Å². The molecule has 112 valence electrons. The molecule has 0 fully saturated rings. The lowest BCUT2D eigenvalue weighted by Gasteiger charge is -2.21. The van der Waals surface area contributed by atoms with E-state index >= 15 is 0 Å². The second-order valence-electron chi connectivity index (χ2n) is 5.05. The first-order valence-electron chi connectivity index (χ1n) is 6.64. The number of hydrogen-bond acceptors (Lipinski definition) is 4. The van der Waals surface area contributed by atoms with E-state index in [0.717, 1.165) is 6.42 Å². The van der Waals surface area contributed by atoms with E-state index in [1.807, 2.05) is 13.8 Å². The molecule has 19 heavy (non-hydrogen) atoms. The Labute approximate surface area is 114 Å². The summed E-state index contributed by atoms with van der Waals surface area (Å²) in [5.41, 5.74) is 0. The molecule has 6 heteroatoms. The summed E-state index contributed by atoms with van der Waals surface area (Å²) in [6, 6.07) is -1.22. The Morgan fingerprint density at radius 3 is 2.37 bits per heavy atom. The highest BCUT2D eigenvalue weighted by Crippen LogP contribution is 2.05. The predicted octanol–water partition coefficient (Wildman–Crippen LogP) is 0.617. The van der Waals surface area contributed by atoms with Crippen molar-refractivity contribution in [1.29, 1.82) is 0 Å². The van der Waals surface area contributed by atoms with Gasteiger partial charge in [0, 0.05) is 20.3 Å². The van der Waals surface area contributed by atoms with Gasteiger partial charge < -0.3 is 15.2 Å². The van der Waals surface area contributed by atoms with Crippen LogP contribution in [0.15, 0.2) is 0 Å². The lowest BCUT2D eigenvalue weighted by molar-refractivity contribution is -0.140. The minimum absolute atomic E-state index is 0.189. The molecule has 2 atom stereocenters. The zero-order chi connectivity index (χ0) is 14.8. The van der Waals surface area contributed by atoms with Crippen LogP contribution < -0.4 is 10.6 Å². The van der Waals surface area contributed by atoms with Crippen molar-refractivity contribution in [2.24, 2.45) is 5.92 Å². The molecule has 0 aromatic carbocycles. The minimum Gasteiger partial charge on any atom is -0.480 e. The number of nitrogens with one attached hydrogen (secondary N) is 2. The summed E-state index contributed by atoms with van der Waals surface area (Å²) in [7, 11) is 1.61. The zero-order valence-electron chi connectivity index (χ0n) is 12.2. The Bertz CT molecular complexity index is 282. The second kappa shape index (κ2) is 9.75. The largest absolute Gasteiger partial charge is 0.480 e. The monoisotopic (exact) mass is 274 g/mol. The quantitative estimate of drug-likeness (QED) is 0.508. The van der Waals surface area contributed by atoms with Gasteiger partial charge in [-0.15, -0.1) is 0 Å². The summed E-state index contributed by atoms with van der Waals surface area (Å²) in [5.74, 6) is -0.857. The van der Waals surface area contributed by atoms with E-state index < -0.39 is 18.1 Å². The Balaban J connectivity index is 4.12. The maximum absolute atomic E-state index is 11.7. The van der Waals surface area contributed by atoms with Gasteiger partial charge in [0.15, 0.2) is 0 Å². The normalized spacial score (nSPS) is 14.2. The predicted molar refractivity (Wildman–Crippen MR) is 73.0 cm³/mol.